The summed E-state index contributed by atoms with van der Waals surface area (Å²) in [6.07, 6.45) is 2.13. The monoisotopic (exact) mass is 273 g/mol. The minimum absolute atomic E-state index is 0.545. The largest absolute Gasteiger partial charge is 0.399 e. The molecule has 3 N–H and O–H groups in total. The lowest BCUT2D eigenvalue weighted by molar-refractivity contribution is 0.0390. The van der Waals surface area contributed by atoms with Gasteiger partial charge in [0.1, 0.15) is 0 Å². The number of nitrogen functional groups attached to an aromatic ring is 1. The maximum atomic E-state index is 10.9. The summed E-state index contributed by atoms with van der Waals surface area (Å²) < 4.78 is 0. The zero-order valence-corrected chi connectivity index (χ0v) is 11.3. The first-order chi connectivity index (χ1) is 9.08. The number of hydrogen-bond donors (Lipinski definition) is 2. The van der Waals surface area contributed by atoms with Crippen molar-refractivity contribution in [1.82, 2.24) is 0 Å². The third kappa shape index (κ3) is 2.22. The summed E-state index contributed by atoms with van der Waals surface area (Å²) in [5.41, 5.74) is 8.84. The van der Waals surface area contributed by atoms with Gasteiger partial charge in [0.05, 0.1) is 5.60 Å². The van der Waals surface area contributed by atoms with Crippen molar-refractivity contribution in [2.24, 2.45) is 0 Å². The Balaban J connectivity index is 1.97. The van der Waals surface area contributed by atoms with E-state index >= 15 is 0 Å². The molecular formula is C16H16ClNO. The zero-order chi connectivity index (χ0) is 13.5. The first-order valence-electron chi connectivity index (χ1n) is 6.43. The molecule has 1 atom stereocenters. The lowest BCUT2D eigenvalue weighted by atomic mass is 9.88. The Labute approximate surface area is 117 Å². The average molecular weight is 274 g/mol. The third-order valence-electron chi connectivity index (χ3n) is 3.88. The molecule has 2 aromatic rings. The number of halogens is 1. The van der Waals surface area contributed by atoms with Crippen LogP contribution in [0.4, 0.5) is 5.69 Å². The highest BCUT2D eigenvalue weighted by atomic mass is 35.5. The lowest BCUT2D eigenvalue weighted by Gasteiger charge is -2.24. The van der Waals surface area contributed by atoms with Gasteiger partial charge in [-0.2, -0.15) is 0 Å². The van der Waals surface area contributed by atoms with E-state index < -0.39 is 5.60 Å². The zero-order valence-electron chi connectivity index (χ0n) is 10.6. The number of rotatable bonds is 2. The predicted octanol–water partition coefficient (Wildman–Crippen LogP) is 3.30. The van der Waals surface area contributed by atoms with Gasteiger partial charge in [-0.1, -0.05) is 35.9 Å². The van der Waals surface area contributed by atoms with Crippen molar-refractivity contribution in [3.8, 4) is 0 Å². The van der Waals surface area contributed by atoms with E-state index in [1.807, 2.05) is 42.5 Å². The summed E-state index contributed by atoms with van der Waals surface area (Å²) in [6, 6.07) is 13.4. The molecular weight excluding hydrogens is 258 g/mol. The first-order valence-corrected chi connectivity index (χ1v) is 6.81. The molecule has 2 nitrogen and oxygen atoms in total. The van der Waals surface area contributed by atoms with Gasteiger partial charge in [-0.05, 0) is 47.7 Å². The van der Waals surface area contributed by atoms with Crippen molar-refractivity contribution in [1.29, 1.82) is 0 Å². The second-order valence-corrected chi connectivity index (χ2v) is 5.62. The SMILES string of the molecule is Nc1ccc2c(c1)CCC2(O)Cc1ccccc1Cl. The Morgan fingerprint density at radius 3 is 2.79 bits per heavy atom. The molecule has 1 aliphatic carbocycles. The Morgan fingerprint density at radius 1 is 1.21 bits per heavy atom. The molecule has 0 fully saturated rings. The fourth-order valence-electron chi connectivity index (χ4n) is 2.89. The molecule has 0 saturated carbocycles. The molecule has 0 aliphatic heterocycles. The second kappa shape index (κ2) is 4.55. The van der Waals surface area contributed by atoms with Crippen LogP contribution in [0.3, 0.4) is 0 Å². The quantitative estimate of drug-likeness (QED) is 0.825. The van der Waals surface area contributed by atoms with Gasteiger partial charge in [-0.3, -0.25) is 0 Å². The molecule has 2 aromatic carbocycles. The van der Waals surface area contributed by atoms with Gasteiger partial charge in [0.2, 0.25) is 0 Å². The van der Waals surface area contributed by atoms with Crippen molar-refractivity contribution in [3.05, 3.63) is 64.2 Å². The van der Waals surface area contributed by atoms with Gasteiger partial charge in [0, 0.05) is 17.1 Å². The number of anilines is 1. The van der Waals surface area contributed by atoms with Crippen LogP contribution in [0.25, 0.3) is 0 Å². The molecule has 0 radical (unpaired) electrons. The van der Waals surface area contributed by atoms with Gasteiger partial charge >= 0.3 is 0 Å². The van der Waals surface area contributed by atoms with Crippen LogP contribution in [0, 0.1) is 0 Å². The summed E-state index contributed by atoms with van der Waals surface area (Å²) in [5, 5.41) is 11.6. The average Bonchev–Trinajstić information content (AvgIpc) is 2.70. The molecule has 0 aromatic heterocycles. The highest BCUT2D eigenvalue weighted by Gasteiger charge is 2.37. The Morgan fingerprint density at radius 2 is 2.00 bits per heavy atom. The van der Waals surface area contributed by atoms with Crippen LogP contribution in [0.15, 0.2) is 42.5 Å². The third-order valence-corrected chi connectivity index (χ3v) is 4.25. The summed E-state index contributed by atoms with van der Waals surface area (Å²) >= 11 is 6.19. The maximum Gasteiger partial charge on any atom is 0.0943 e. The van der Waals surface area contributed by atoms with Crippen LogP contribution in [0.5, 0.6) is 0 Å². The van der Waals surface area contributed by atoms with E-state index in [1.165, 1.54) is 0 Å². The molecule has 3 rings (SSSR count). The molecule has 19 heavy (non-hydrogen) atoms. The van der Waals surface area contributed by atoms with E-state index in [1.54, 1.807) is 0 Å². The molecule has 0 spiro atoms. The first kappa shape index (κ1) is 12.5. The molecule has 0 saturated heterocycles. The van der Waals surface area contributed by atoms with Crippen LogP contribution >= 0.6 is 11.6 Å². The van der Waals surface area contributed by atoms with Crippen LogP contribution in [0.2, 0.25) is 5.02 Å². The predicted molar refractivity (Wildman–Crippen MR) is 78.2 cm³/mol. The molecule has 0 amide bonds. The summed E-state index contributed by atoms with van der Waals surface area (Å²) in [7, 11) is 0. The Kier molecular flexibility index (Phi) is 3.00. The van der Waals surface area contributed by atoms with Crippen LogP contribution in [0.1, 0.15) is 23.1 Å². The molecule has 1 aliphatic rings. The van der Waals surface area contributed by atoms with Crippen LogP contribution in [-0.4, -0.2) is 5.11 Å². The van der Waals surface area contributed by atoms with Crippen LogP contribution < -0.4 is 5.73 Å². The van der Waals surface area contributed by atoms with E-state index in [9.17, 15) is 5.11 Å². The van der Waals surface area contributed by atoms with E-state index in [0.29, 0.717) is 11.4 Å². The fraction of sp³-hybridized carbons (Fsp3) is 0.250. The fourth-order valence-corrected chi connectivity index (χ4v) is 3.09. The van der Waals surface area contributed by atoms with Gasteiger partial charge in [0.15, 0.2) is 0 Å². The molecule has 0 heterocycles. The van der Waals surface area contributed by atoms with Gasteiger partial charge in [0.25, 0.3) is 0 Å². The Bertz CT molecular complexity index is 626. The highest BCUT2D eigenvalue weighted by Crippen LogP contribution is 2.40. The normalized spacial score (nSPS) is 21.4. The number of hydrogen-bond acceptors (Lipinski definition) is 2. The number of nitrogens with two attached hydrogens (primary N) is 1. The molecule has 98 valence electrons. The molecule has 0 bridgehead atoms. The summed E-state index contributed by atoms with van der Waals surface area (Å²) in [4.78, 5) is 0. The summed E-state index contributed by atoms with van der Waals surface area (Å²) in [6.45, 7) is 0. The highest BCUT2D eigenvalue weighted by molar-refractivity contribution is 6.31. The van der Waals surface area contributed by atoms with Crippen molar-refractivity contribution < 1.29 is 5.11 Å². The Hall–Kier alpha value is -1.51. The minimum Gasteiger partial charge on any atom is -0.399 e. The molecule has 3 heteroatoms. The van der Waals surface area contributed by atoms with E-state index in [-0.39, 0.29) is 0 Å². The maximum absolute atomic E-state index is 10.9. The standard InChI is InChI=1S/C16H16ClNO/c17-15-4-2-1-3-12(15)10-16(19)8-7-11-9-13(18)5-6-14(11)16/h1-6,9,19H,7-8,10,18H2. The van der Waals surface area contributed by atoms with Crippen molar-refractivity contribution >= 4 is 17.3 Å². The van der Waals surface area contributed by atoms with Crippen molar-refractivity contribution in [2.75, 3.05) is 5.73 Å². The number of fused-ring (bicyclic) bond motifs is 1. The smallest absolute Gasteiger partial charge is 0.0943 e. The topological polar surface area (TPSA) is 46.2 Å². The van der Waals surface area contributed by atoms with E-state index in [2.05, 4.69) is 0 Å². The van der Waals surface area contributed by atoms with Crippen LogP contribution in [-0.2, 0) is 18.4 Å². The summed E-state index contributed by atoms with van der Waals surface area (Å²) in [5.74, 6) is 0. The lowest BCUT2D eigenvalue weighted by Crippen LogP contribution is -2.25. The van der Waals surface area contributed by atoms with Gasteiger partial charge < -0.3 is 10.8 Å². The van der Waals surface area contributed by atoms with Gasteiger partial charge in [-0.25, -0.2) is 0 Å². The minimum atomic E-state index is -0.825. The number of aliphatic hydroxyl groups is 1. The van der Waals surface area contributed by atoms with Crippen molar-refractivity contribution in [3.63, 3.8) is 0 Å². The van der Waals surface area contributed by atoms with E-state index in [4.69, 9.17) is 17.3 Å². The molecule has 1 unspecified atom stereocenters. The van der Waals surface area contributed by atoms with Crippen molar-refractivity contribution in [2.45, 2.75) is 24.9 Å². The van der Waals surface area contributed by atoms with E-state index in [0.717, 1.165) is 35.2 Å². The second-order valence-electron chi connectivity index (χ2n) is 5.22. The number of aryl methyl sites for hydroxylation is 1. The van der Waals surface area contributed by atoms with Gasteiger partial charge in [-0.15, -0.1) is 0 Å². The number of benzene rings is 2.